The Hall–Kier alpha value is -0.0800. The third-order valence-corrected chi connectivity index (χ3v) is 2.70. The van der Waals surface area contributed by atoms with Crippen molar-refractivity contribution in [2.75, 3.05) is 6.54 Å². The van der Waals surface area contributed by atoms with Crippen molar-refractivity contribution in [1.82, 2.24) is 0 Å². The molecule has 0 aromatic heterocycles. The maximum absolute atomic E-state index is 9.22. The quantitative estimate of drug-likeness (QED) is 0.536. The standard InChI is InChI=1S/C7H15NO/c1-7(2)5(4-8)3-6(7)9/h5-6,9H,3-4,8H2,1-2H3/t5-,6+/m1/s1. The van der Waals surface area contributed by atoms with Crippen molar-refractivity contribution >= 4 is 0 Å². The van der Waals surface area contributed by atoms with Gasteiger partial charge in [0.1, 0.15) is 0 Å². The maximum atomic E-state index is 9.22. The summed E-state index contributed by atoms with van der Waals surface area (Å²) in [4.78, 5) is 0. The molecule has 0 heterocycles. The van der Waals surface area contributed by atoms with Gasteiger partial charge in [-0.15, -0.1) is 0 Å². The number of nitrogens with two attached hydrogens (primary N) is 1. The second-order valence-electron chi connectivity index (χ2n) is 3.51. The number of hydrogen-bond acceptors (Lipinski definition) is 2. The Kier molecular flexibility index (Phi) is 1.53. The maximum Gasteiger partial charge on any atom is 0.0597 e. The zero-order valence-corrected chi connectivity index (χ0v) is 6.09. The van der Waals surface area contributed by atoms with Crippen molar-refractivity contribution in [3.05, 3.63) is 0 Å². The SMILES string of the molecule is CC1(C)[C@@H](CN)C[C@@H]1O. The summed E-state index contributed by atoms with van der Waals surface area (Å²) in [5.74, 6) is 0.535. The van der Waals surface area contributed by atoms with Crippen LogP contribution in [0, 0.1) is 11.3 Å². The zero-order chi connectivity index (χ0) is 7.07. The van der Waals surface area contributed by atoms with E-state index in [-0.39, 0.29) is 11.5 Å². The smallest absolute Gasteiger partial charge is 0.0597 e. The minimum Gasteiger partial charge on any atom is -0.393 e. The van der Waals surface area contributed by atoms with Gasteiger partial charge in [-0.25, -0.2) is 0 Å². The summed E-state index contributed by atoms with van der Waals surface area (Å²) in [7, 11) is 0. The fourth-order valence-corrected chi connectivity index (χ4v) is 1.39. The molecular formula is C7H15NO. The highest BCUT2D eigenvalue weighted by molar-refractivity contribution is 4.96. The van der Waals surface area contributed by atoms with Crippen molar-refractivity contribution < 1.29 is 5.11 Å². The van der Waals surface area contributed by atoms with Gasteiger partial charge in [-0.2, -0.15) is 0 Å². The van der Waals surface area contributed by atoms with Gasteiger partial charge < -0.3 is 10.8 Å². The Morgan fingerprint density at radius 1 is 1.67 bits per heavy atom. The summed E-state index contributed by atoms with van der Waals surface area (Å²) in [6.07, 6.45) is 0.773. The van der Waals surface area contributed by atoms with Crippen molar-refractivity contribution in [2.45, 2.75) is 26.4 Å². The van der Waals surface area contributed by atoms with Gasteiger partial charge in [0.2, 0.25) is 0 Å². The molecule has 2 atom stereocenters. The normalized spacial score (nSPS) is 40.0. The molecule has 2 heteroatoms. The van der Waals surface area contributed by atoms with E-state index in [1.54, 1.807) is 0 Å². The van der Waals surface area contributed by atoms with E-state index in [0.717, 1.165) is 6.42 Å². The van der Waals surface area contributed by atoms with E-state index in [4.69, 9.17) is 5.73 Å². The molecule has 0 aliphatic heterocycles. The van der Waals surface area contributed by atoms with E-state index in [0.29, 0.717) is 12.5 Å². The number of hydrogen-bond donors (Lipinski definition) is 2. The van der Waals surface area contributed by atoms with Crippen LogP contribution < -0.4 is 5.73 Å². The van der Waals surface area contributed by atoms with E-state index in [1.807, 2.05) is 0 Å². The largest absolute Gasteiger partial charge is 0.393 e. The van der Waals surface area contributed by atoms with Crippen LogP contribution in [0.4, 0.5) is 0 Å². The summed E-state index contributed by atoms with van der Waals surface area (Å²) >= 11 is 0. The Bertz CT molecular complexity index is 111. The van der Waals surface area contributed by atoms with Crippen molar-refractivity contribution in [2.24, 2.45) is 17.1 Å². The molecule has 1 aliphatic rings. The summed E-state index contributed by atoms with van der Waals surface area (Å²) in [6, 6.07) is 0. The highest BCUT2D eigenvalue weighted by Gasteiger charge is 2.45. The van der Waals surface area contributed by atoms with E-state index in [2.05, 4.69) is 13.8 Å². The van der Waals surface area contributed by atoms with Crippen molar-refractivity contribution in [3.8, 4) is 0 Å². The molecule has 0 unspecified atom stereocenters. The molecule has 0 spiro atoms. The number of aliphatic hydroxyl groups is 1. The van der Waals surface area contributed by atoms with E-state index < -0.39 is 0 Å². The van der Waals surface area contributed by atoms with E-state index in [9.17, 15) is 5.11 Å². The molecule has 0 saturated heterocycles. The molecule has 0 bridgehead atoms. The van der Waals surface area contributed by atoms with Crippen LogP contribution in [0.2, 0.25) is 0 Å². The Morgan fingerprint density at radius 2 is 2.22 bits per heavy atom. The van der Waals surface area contributed by atoms with Crippen molar-refractivity contribution in [1.29, 1.82) is 0 Å². The van der Waals surface area contributed by atoms with Crippen LogP contribution in [-0.2, 0) is 0 Å². The third kappa shape index (κ3) is 0.864. The van der Waals surface area contributed by atoms with Crippen LogP contribution in [0.15, 0.2) is 0 Å². The second-order valence-corrected chi connectivity index (χ2v) is 3.51. The Balaban J connectivity index is 2.48. The highest BCUT2D eigenvalue weighted by Crippen LogP contribution is 2.45. The first-order valence-electron chi connectivity index (χ1n) is 3.47. The second kappa shape index (κ2) is 1.96. The molecule has 54 valence electrons. The molecule has 1 fully saturated rings. The summed E-state index contributed by atoms with van der Waals surface area (Å²) in [5.41, 5.74) is 5.54. The topological polar surface area (TPSA) is 46.2 Å². The minimum absolute atomic E-state index is 0.0781. The minimum atomic E-state index is -0.119. The molecule has 0 aromatic carbocycles. The molecule has 2 nitrogen and oxygen atoms in total. The predicted octanol–water partition coefficient (Wildman–Crippen LogP) is 0.352. The van der Waals surface area contributed by atoms with Crippen LogP contribution in [0.3, 0.4) is 0 Å². The van der Waals surface area contributed by atoms with E-state index in [1.165, 1.54) is 0 Å². The Morgan fingerprint density at radius 3 is 2.33 bits per heavy atom. The van der Waals surface area contributed by atoms with Gasteiger partial charge in [-0.3, -0.25) is 0 Å². The average molecular weight is 129 g/mol. The summed E-state index contributed by atoms with van der Waals surface area (Å²) in [5, 5.41) is 9.22. The van der Waals surface area contributed by atoms with Crippen LogP contribution in [0.5, 0.6) is 0 Å². The average Bonchev–Trinajstić information content (AvgIpc) is 1.82. The van der Waals surface area contributed by atoms with Gasteiger partial charge in [0.15, 0.2) is 0 Å². The monoisotopic (exact) mass is 129 g/mol. The van der Waals surface area contributed by atoms with Crippen LogP contribution >= 0.6 is 0 Å². The van der Waals surface area contributed by atoms with Gasteiger partial charge in [0, 0.05) is 0 Å². The predicted molar refractivity (Wildman–Crippen MR) is 36.9 cm³/mol. The molecule has 1 rings (SSSR count). The molecule has 0 radical (unpaired) electrons. The molecule has 9 heavy (non-hydrogen) atoms. The summed E-state index contributed by atoms with van der Waals surface area (Å²) in [6.45, 7) is 4.85. The van der Waals surface area contributed by atoms with Gasteiger partial charge >= 0.3 is 0 Å². The molecular weight excluding hydrogens is 114 g/mol. The fourth-order valence-electron chi connectivity index (χ4n) is 1.39. The van der Waals surface area contributed by atoms with E-state index >= 15 is 0 Å². The van der Waals surface area contributed by atoms with Crippen LogP contribution in [0.1, 0.15) is 20.3 Å². The lowest BCUT2D eigenvalue weighted by Gasteiger charge is -2.48. The lowest BCUT2D eigenvalue weighted by Crippen LogP contribution is -2.51. The van der Waals surface area contributed by atoms with Gasteiger partial charge in [-0.05, 0) is 24.3 Å². The first kappa shape index (κ1) is 7.03. The zero-order valence-electron chi connectivity index (χ0n) is 6.09. The molecule has 0 amide bonds. The molecule has 1 aliphatic carbocycles. The lowest BCUT2D eigenvalue weighted by atomic mass is 9.60. The fraction of sp³-hybridized carbons (Fsp3) is 1.00. The molecule has 1 saturated carbocycles. The van der Waals surface area contributed by atoms with Crippen molar-refractivity contribution in [3.63, 3.8) is 0 Å². The summed E-state index contributed by atoms with van der Waals surface area (Å²) < 4.78 is 0. The Labute approximate surface area is 56.1 Å². The molecule has 0 aromatic rings. The van der Waals surface area contributed by atoms with Gasteiger partial charge in [0.05, 0.1) is 6.10 Å². The first-order chi connectivity index (χ1) is 4.09. The van der Waals surface area contributed by atoms with Gasteiger partial charge in [0.25, 0.3) is 0 Å². The van der Waals surface area contributed by atoms with Crippen LogP contribution in [-0.4, -0.2) is 17.8 Å². The highest BCUT2D eigenvalue weighted by atomic mass is 16.3. The lowest BCUT2D eigenvalue weighted by molar-refractivity contribution is -0.0935. The van der Waals surface area contributed by atoms with Crippen LogP contribution in [0.25, 0.3) is 0 Å². The number of aliphatic hydroxyl groups excluding tert-OH is 1. The van der Waals surface area contributed by atoms with Gasteiger partial charge in [-0.1, -0.05) is 13.8 Å². The third-order valence-electron chi connectivity index (χ3n) is 2.70. The number of rotatable bonds is 1. The first-order valence-corrected chi connectivity index (χ1v) is 3.47. The molecule has 3 N–H and O–H groups in total.